The van der Waals surface area contributed by atoms with Crippen molar-refractivity contribution in [1.82, 2.24) is 0 Å². The summed E-state index contributed by atoms with van der Waals surface area (Å²) in [6, 6.07) is 0. The molecule has 1 amide bonds. The molecule has 1 aliphatic carbocycles. The molecule has 0 aliphatic heterocycles. The predicted molar refractivity (Wildman–Crippen MR) is 102 cm³/mol. The first-order valence-electron chi connectivity index (χ1n) is 8.89. The molecular weight excluding hydrogens is 448 g/mol. The van der Waals surface area contributed by atoms with Gasteiger partial charge >= 0.3 is 26.2 Å². The molecule has 0 saturated carbocycles. The minimum absolute atomic E-state index is 0. The van der Waals surface area contributed by atoms with E-state index in [1.807, 2.05) is 12.2 Å². The molecule has 0 aromatic carbocycles. The van der Waals surface area contributed by atoms with Crippen LogP contribution in [0.5, 0.6) is 0 Å². The van der Waals surface area contributed by atoms with Gasteiger partial charge in [-0.2, -0.15) is 6.08 Å². The van der Waals surface area contributed by atoms with Crippen LogP contribution in [-0.2, 0) is 31.0 Å². The van der Waals surface area contributed by atoms with E-state index < -0.39 is 5.91 Å². The van der Waals surface area contributed by atoms with E-state index in [4.69, 9.17) is 5.73 Å². The van der Waals surface area contributed by atoms with E-state index in [9.17, 15) is 4.79 Å². The predicted octanol–water partition coefficient (Wildman–Crippen LogP) is 0.316. The van der Waals surface area contributed by atoms with Crippen LogP contribution in [0.25, 0.3) is 5.73 Å². The fourth-order valence-electron chi connectivity index (χ4n) is 1.94. The van der Waals surface area contributed by atoms with Crippen LogP contribution in [0.4, 0.5) is 0 Å². The number of halogens is 2. The molecular formula is C19H36Cl2NOSiZr. The standard InChI is InChI=1S/C12H25NO.C5H5.C2H7Si.2ClH.Zr/c1-2-3-4-5-6-7-8-9-10-11-12(13)14;1-2-4-5-3-1;1-3-2;;;/h2-11H2,1H3,(H2,13,14);1-3H,4H2;3H,1-2H3;2*1H;/q;-1;;;;+4/p-3. The molecule has 1 aliphatic rings. The second-order valence-corrected chi connectivity index (χ2v) is 6.74. The molecule has 0 aromatic rings. The number of nitrogens with one attached hydrogen (secondary N) is 1. The maximum absolute atomic E-state index is 10.3. The SMILES string of the molecule is CCCCCCCCCCCC([NH-])=O.C[SiH]C.[C-]1=CC=CC1.[Cl-].[Cl-].[Zr+4]. The van der Waals surface area contributed by atoms with Gasteiger partial charge in [0.25, 0.3) is 0 Å². The van der Waals surface area contributed by atoms with Crippen molar-refractivity contribution in [2.45, 2.75) is 90.6 Å². The Morgan fingerprint density at radius 3 is 1.72 bits per heavy atom. The van der Waals surface area contributed by atoms with Crippen molar-refractivity contribution in [2.24, 2.45) is 0 Å². The summed E-state index contributed by atoms with van der Waals surface area (Å²) in [5.74, 6) is -0.409. The normalized spacial score (nSPS) is 10.0. The second kappa shape index (κ2) is 35.7. The van der Waals surface area contributed by atoms with Crippen LogP contribution >= 0.6 is 0 Å². The summed E-state index contributed by atoms with van der Waals surface area (Å²) in [5.41, 5.74) is 6.73. The molecule has 0 heterocycles. The number of hydrogen-bond donors (Lipinski definition) is 0. The number of carbonyl (C=O) groups excluding carboxylic acids is 1. The van der Waals surface area contributed by atoms with E-state index in [-0.39, 0.29) is 51.0 Å². The van der Waals surface area contributed by atoms with Crippen molar-refractivity contribution in [3.63, 3.8) is 0 Å². The largest absolute Gasteiger partial charge is 4.00 e. The molecule has 145 valence electrons. The van der Waals surface area contributed by atoms with Crippen LogP contribution in [-0.4, -0.2) is 15.4 Å². The van der Waals surface area contributed by atoms with Gasteiger partial charge in [0.2, 0.25) is 0 Å². The Bertz CT molecular complexity index is 281. The van der Waals surface area contributed by atoms with E-state index in [1.54, 1.807) is 0 Å². The second-order valence-electron chi connectivity index (χ2n) is 5.58. The van der Waals surface area contributed by atoms with Crippen LogP contribution < -0.4 is 24.8 Å². The van der Waals surface area contributed by atoms with Crippen molar-refractivity contribution in [3.05, 3.63) is 30.0 Å². The van der Waals surface area contributed by atoms with Gasteiger partial charge < -0.3 is 35.3 Å². The van der Waals surface area contributed by atoms with E-state index in [0.29, 0.717) is 6.42 Å². The topological polar surface area (TPSA) is 40.9 Å². The first-order valence-corrected chi connectivity index (χ1v) is 11.2. The summed E-state index contributed by atoms with van der Waals surface area (Å²) in [4.78, 5) is 10.3. The number of carbonyl (C=O) groups is 1. The Balaban J connectivity index is -0.000000102. The summed E-state index contributed by atoms with van der Waals surface area (Å²) in [6.07, 6.45) is 21.8. The molecule has 0 saturated heterocycles. The molecule has 0 fully saturated rings. The first kappa shape index (κ1) is 36.5. The van der Waals surface area contributed by atoms with Crippen LogP contribution in [0.2, 0.25) is 13.1 Å². The number of hydrogen-bond acceptors (Lipinski definition) is 1. The monoisotopic (exact) mass is 482 g/mol. The molecule has 0 aromatic heterocycles. The van der Waals surface area contributed by atoms with E-state index in [0.717, 1.165) is 28.8 Å². The molecule has 2 nitrogen and oxygen atoms in total. The van der Waals surface area contributed by atoms with Gasteiger partial charge in [0.05, 0.1) is 0 Å². The Kier molecular flexibility index (Phi) is 52.2. The van der Waals surface area contributed by atoms with Crippen molar-refractivity contribution in [1.29, 1.82) is 0 Å². The van der Waals surface area contributed by atoms with Crippen LogP contribution in [0, 0.1) is 6.08 Å². The fourth-order valence-corrected chi connectivity index (χ4v) is 1.94. The van der Waals surface area contributed by atoms with Crippen molar-refractivity contribution >= 4 is 15.4 Å². The quantitative estimate of drug-likeness (QED) is 0.250. The average Bonchev–Trinajstić information content (AvgIpc) is 3.05. The molecule has 0 bridgehead atoms. The van der Waals surface area contributed by atoms with Gasteiger partial charge in [-0.05, 0) is 12.8 Å². The van der Waals surface area contributed by atoms with Crippen LogP contribution in [0.3, 0.4) is 0 Å². The van der Waals surface area contributed by atoms with Gasteiger partial charge in [-0.3, -0.25) is 6.08 Å². The minimum Gasteiger partial charge on any atom is -1.00 e. The van der Waals surface area contributed by atoms with Crippen molar-refractivity contribution < 1.29 is 55.8 Å². The Hall–Kier alpha value is 0.630. The van der Waals surface area contributed by atoms with Crippen LogP contribution in [0.1, 0.15) is 77.6 Å². The summed E-state index contributed by atoms with van der Waals surface area (Å²) >= 11 is 0. The van der Waals surface area contributed by atoms with E-state index >= 15 is 0 Å². The maximum atomic E-state index is 10.3. The molecule has 1 radical (unpaired) electrons. The Labute approximate surface area is 191 Å². The maximum Gasteiger partial charge on any atom is 4.00 e. The van der Waals surface area contributed by atoms with Crippen molar-refractivity contribution in [2.75, 3.05) is 0 Å². The van der Waals surface area contributed by atoms with E-state index in [2.05, 4.69) is 32.2 Å². The number of allylic oxidation sites excluding steroid dienone is 4. The Morgan fingerprint density at radius 1 is 1.00 bits per heavy atom. The summed E-state index contributed by atoms with van der Waals surface area (Å²) in [6.45, 7) is 6.65. The molecule has 1 rings (SSSR count). The average molecular weight is 485 g/mol. The van der Waals surface area contributed by atoms with Gasteiger partial charge in [0.15, 0.2) is 0 Å². The molecule has 0 unspecified atom stereocenters. The summed E-state index contributed by atoms with van der Waals surface area (Å²) in [5, 5.41) is 0. The zero-order chi connectivity index (χ0) is 16.9. The van der Waals surface area contributed by atoms with Gasteiger partial charge in [0.1, 0.15) is 0 Å². The van der Waals surface area contributed by atoms with Crippen molar-refractivity contribution in [3.8, 4) is 0 Å². The van der Waals surface area contributed by atoms with Gasteiger partial charge in [0, 0.05) is 15.4 Å². The molecule has 25 heavy (non-hydrogen) atoms. The van der Waals surface area contributed by atoms with Gasteiger partial charge in [-0.25, -0.2) is 12.2 Å². The third-order valence-electron chi connectivity index (χ3n) is 3.09. The van der Waals surface area contributed by atoms with Crippen LogP contribution in [0.15, 0.2) is 18.2 Å². The summed E-state index contributed by atoms with van der Waals surface area (Å²) < 4.78 is 0. The molecule has 0 spiro atoms. The van der Waals surface area contributed by atoms with Gasteiger partial charge in [-0.15, -0.1) is 6.42 Å². The first-order chi connectivity index (χ1) is 10.7. The third-order valence-corrected chi connectivity index (χ3v) is 3.09. The number of rotatable bonds is 10. The van der Waals surface area contributed by atoms with Gasteiger partial charge in [-0.1, -0.05) is 71.4 Å². The number of unbranched alkanes of at least 4 members (excludes halogenated alkanes) is 8. The fraction of sp³-hybridized carbons (Fsp3) is 0.737. The third kappa shape index (κ3) is 45.6. The summed E-state index contributed by atoms with van der Waals surface area (Å²) in [7, 11) is 0.750. The zero-order valence-electron chi connectivity index (χ0n) is 16.3. The van der Waals surface area contributed by atoms with E-state index in [1.165, 1.54) is 44.9 Å². The number of amides is 1. The molecule has 6 heteroatoms. The molecule has 0 atom stereocenters. The smallest absolute Gasteiger partial charge is 1.00 e. The Morgan fingerprint density at radius 2 is 1.44 bits per heavy atom. The minimum atomic E-state index is -0.409. The zero-order valence-corrected chi connectivity index (χ0v) is 21.4. The molecule has 1 N–H and O–H groups in total.